The number of nitrogens with zero attached hydrogens (tertiary/aromatic N) is 2. The third kappa shape index (κ3) is 7.35. The molecule has 2 heterocycles. The normalized spacial score (nSPS) is 14.2. The van der Waals surface area contributed by atoms with Gasteiger partial charge in [-0.3, -0.25) is 9.36 Å². The SMILES string of the molecule is CCOC(=O)C1=C(c2ccccc2)N=c2s/c(=C\c3cc(Br)cc(I)c3OCc3ccc(Cl)cc3)c(=O)n2[C@@H]1c1ccc(OC)c(OC)c1. The number of hydrogen-bond acceptors (Lipinski definition) is 8. The molecule has 12 heteroatoms. The lowest BCUT2D eigenvalue weighted by Crippen LogP contribution is -2.40. The van der Waals surface area contributed by atoms with Gasteiger partial charge in [0.25, 0.3) is 5.56 Å². The number of carbonyl (C=O) groups is 1. The summed E-state index contributed by atoms with van der Waals surface area (Å²) in [6.45, 7) is 2.20. The van der Waals surface area contributed by atoms with E-state index < -0.39 is 12.0 Å². The first-order valence-electron chi connectivity index (χ1n) is 15.1. The molecule has 1 aliphatic heterocycles. The van der Waals surface area contributed by atoms with Crippen LogP contribution in [-0.2, 0) is 16.1 Å². The molecule has 0 amide bonds. The molecule has 0 bridgehead atoms. The van der Waals surface area contributed by atoms with Gasteiger partial charge < -0.3 is 18.9 Å². The van der Waals surface area contributed by atoms with Crippen LogP contribution in [0.25, 0.3) is 11.8 Å². The predicted octanol–water partition coefficient (Wildman–Crippen LogP) is 7.55. The number of methoxy groups -OCH3 is 2. The van der Waals surface area contributed by atoms with Gasteiger partial charge in [0, 0.05) is 20.6 Å². The molecule has 0 fully saturated rings. The van der Waals surface area contributed by atoms with Crippen LogP contribution >= 0.6 is 61.5 Å². The third-order valence-corrected chi connectivity index (χ3v) is 10.2. The van der Waals surface area contributed by atoms with Gasteiger partial charge in [-0.1, -0.05) is 87.4 Å². The summed E-state index contributed by atoms with van der Waals surface area (Å²) >= 11 is 13.1. The van der Waals surface area contributed by atoms with Gasteiger partial charge in [-0.2, -0.15) is 0 Å². The van der Waals surface area contributed by atoms with Crippen molar-refractivity contribution in [2.45, 2.75) is 19.6 Å². The molecule has 1 aliphatic rings. The highest BCUT2D eigenvalue weighted by Gasteiger charge is 2.35. The van der Waals surface area contributed by atoms with Crippen LogP contribution in [0.2, 0.25) is 5.02 Å². The number of thiazole rings is 1. The number of hydrogen-bond donors (Lipinski definition) is 0. The Balaban J connectivity index is 1.58. The van der Waals surface area contributed by atoms with Crippen molar-refractivity contribution in [3.63, 3.8) is 0 Å². The van der Waals surface area contributed by atoms with Crippen molar-refractivity contribution < 1.29 is 23.7 Å². The highest BCUT2D eigenvalue weighted by atomic mass is 127. The molecule has 4 aromatic carbocycles. The Morgan fingerprint density at radius 2 is 1.76 bits per heavy atom. The Labute approximate surface area is 313 Å². The van der Waals surface area contributed by atoms with E-state index in [0.29, 0.717) is 60.6 Å². The summed E-state index contributed by atoms with van der Waals surface area (Å²) in [6, 6.07) is 25.2. The lowest BCUT2D eigenvalue weighted by atomic mass is 9.93. The number of fused-ring (bicyclic) bond motifs is 1. The van der Waals surface area contributed by atoms with Gasteiger partial charge in [-0.05, 0) is 83.1 Å². The standard InChI is InChI=1S/C37H29BrClIN2O6S/c1-4-47-36(44)31-32(22-8-6-5-7-9-22)41-37-42(33(31)23-12-15-28(45-2)29(17-23)46-3)35(43)30(49-37)18-24-16-25(38)19-27(40)34(24)48-20-21-10-13-26(39)14-11-21/h5-19,33H,4,20H2,1-3H3/b30-18-/t33-/m1/s1. The van der Waals surface area contributed by atoms with Crippen molar-refractivity contribution in [1.82, 2.24) is 4.57 Å². The molecule has 5 aromatic rings. The maximum atomic E-state index is 14.5. The lowest BCUT2D eigenvalue weighted by Gasteiger charge is -2.26. The molecule has 49 heavy (non-hydrogen) atoms. The van der Waals surface area contributed by atoms with Crippen molar-refractivity contribution in [2.75, 3.05) is 20.8 Å². The molecule has 0 saturated heterocycles. The minimum atomic E-state index is -0.879. The fourth-order valence-corrected chi connectivity index (χ4v) is 8.32. The van der Waals surface area contributed by atoms with Crippen LogP contribution in [0.15, 0.2) is 105 Å². The zero-order valence-corrected chi connectivity index (χ0v) is 31.9. The summed E-state index contributed by atoms with van der Waals surface area (Å²) < 4.78 is 26.7. The fraction of sp³-hybridized carbons (Fsp3) is 0.162. The minimum absolute atomic E-state index is 0.147. The van der Waals surface area contributed by atoms with E-state index in [4.69, 9.17) is 35.5 Å². The average molecular weight is 872 g/mol. The Bertz CT molecular complexity index is 2250. The summed E-state index contributed by atoms with van der Waals surface area (Å²) in [5.74, 6) is 1.02. The monoisotopic (exact) mass is 870 g/mol. The number of carbonyl (C=O) groups excluding carboxylic acids is 1. The lowest BCUT2D eigenvalue weighted by molar-refractivity contribution is -0.138. The molecule has 1 atom stereocenters. The maximum absolute atomic E-state index is 14.5. The smallest absolute Gasteiger partial charge is 0.338 e. The molecule has 0 aliphatic carbocycles. The number of rotatable bonds is 10. The maximum Gasteiger partial charge on any atom is 0.338 e. The number of ether oxygens (including phenoxy) is 4. The number of halogens is 3. The molecule has 0 saturated carbocycles. The van der Waals surface area contributed by atoms with Crippen LogP contribution in [-0.4, -0.2) is 31.4 Å². The van der Waals surface area contributed by atoms with Crippen LogP contribution in [0.1, 0.15) is 35.2 Å². The van der Waals surface area contributed by atoms with E-state index in [2.05, 4.69) is 38.5 Å². The second kappa shape index (κ2) is 15.3. The van der Waals surface area contributed by atoms with Gasteiger partial charge in [0.15, 0.2) is 16.3 Å². The quantitative estimate of drug-likeness (QED) is 0.107. The molecule has 250 valence electrons. The zero-order chi connectivity index (χ0) is 34.7. The van der Waals surface area contributed by atoms with Gasteiger partial charge in [0.1, 0.15) is 12.4 Å². The molecular formula is C37H29BrClIN2O6S. The second-order valence-electron chi connectivity index (χ2n) is 10.8. The molecule has 0 spiro atoms. The number of esters is 1. The summed E-state index contributed by atoms with van der Waals surface area (Å²) in [5, 5.41) is 0.644. The van der Waals surface area contributed by atoms with E-state index in [9.17, 15) is 9.59 Å². The predicted molar refractivity (Wildman–Crippen MR) is 203 cm³/mol. The van der Waals surface area contributed by atoms with Crippen molar-refractivity contribution in [1.29, 1.82) is 0 Å². The minimum Gasteiger partial charge on any atom is -0.493 e. The van der Waals surface area contributed by atoms with Crippen molar-refractivity contribution in [2.24, 2.45) is 4.99 Å². The highest BCUT2D eigenvalue weighted by molar-refractivity contribution is 14.1. The van der Waals surface area contributed by atoms with E-state index >= 15 is 0 Å². The second-order valence-corrected chi connectivity index (χ2v) is 14.3. The topological polar surface area (TPSA) is 88.4 Å². The molecule has 0 radical (unpaired) electrons. The number of aromatic nitrogens is 1. The Morgan fingerprint density at radius 1 is 1.02 bits per heavy atom. The van der Waals surface area contributed by atoms with E-state index in [0.717, 1.165) is 13.6 Å². The van der Waals surface area contributed by atoms with Gasteiger partial charge in [-0.15, -0.1) is 0 Å². The molecular weight excluding hydrogens is 843 g/mol. The van der Waals surface area contributed by atoms with Crippen molar-refractivity contribution in [3.05, 3.63) is 146 Å². The first kappa shape index (κ1) is 34.9. The first-order chi connectivity index (χ1) is 23.7. The summed E-state index contributed by atoms with van der Waals surface area (Å²) in [5.41, 5.74) is 3.33. The van der Waals surface area contributed by atoms with Gasteiger partial charge in [0.05, 0.1) is 46.2 Å². The Morgan fingerprint density at radius 3 is 2.45 bits per heavy atom. The fourth-order valence-electron chi connectivity index (χ4n) is 5.50. The summed E-state index contributed by atoms with van der Waals surface area (Å²) in [4.78, 5) is 33.7. The van der Waals surface area contributed by atoms with Gasteiger partial charge in [0.2, 0.25) is 0 Å². The largest absolute Gasteiger partial charge is 0.493 e. The zero-order valence-electron chi connectivity index (χ0n) is 26.5. The molecule has 0 unspecified atom stereocenters. The van der Waals surface area contributed by atoms with Crippen LogP contribution in [0.5, 0.6) is 17.2 Å². The molecule has 6 rings (SSSR count). The molecule has 0 N–H and O–H groups in total. The van der Waals surface area contributed by atoms with E-state index in [1.54, 1.807) is 36.8 Å². The van der Waals surface area contributed by atoms with E-state index in [1.165, 1.54) is 18.4 Å². The van der Waals surface area contributed by atoms with Crippen LogP contribution in [0.4, 0.5) is 0 Å². The van der Waals surface area contributed by atoms with Crippen LogP contribution < -0.4 is 29.1 Å². The first-order valence-corrected chi connectivity index (χ1v) is 18.2. The van der Waals surface area contributed by atoms with E-state index in [1.807, 2.05) is 72.8 Å². The highest BCUT2D eigenvalue weighted by Crippen LogP contribution is 2.39. The Hall–Kier alpha value is -3.91. The van der Waals surface area contributed by atoms with E-state index in [-0.39, 0.29) is 17.7 Å². The molecule has 1 aromatic heterocycles. The molecule has 8 nitrogen and oxygen atoms in total. The van der Waals surface area contributed by atoms with Crippen LogP contribution in [0, 0.1) is 3.57 Å². The third-order valence-electron chi connectivity index (χ3n) is 7.72. The average Bonchev–Trinajstić information content (AvgIpc) is 3.41. The van der Waals surface area contributed by atoms with Gasteiger partial charge >= 0.3 is 5.97 Å². The van der Waals surface area contributed by atoms with Crippen LogP contribution in [0.3, 0.4) is 0 Å². The van der Waals surface area contributed by atoms with Crippen molar-refractivity contribution in [3.8, 4) is 17.2 Å². The summed E-state index contributed by atoms with van der Waals surface area (Å²) in [6.07, 6.45) is 1.80. The van der Waals surface area contributed by atoms with Crippen molar-refractivity contribution >= 4 is 79.2 Å². The summed E-state index contributed by atoms with van der Waals surface area (Å²) in [7, 11) is 3.09. The number of benzene rings is 4. The van der Waals surface area contributed by atoms with Gasteiger partial charge in [-0.25, -0.2) is 9.79 Å². The Kier molecular flexibility index (Phi) is 10.9.